The van der Waals surface area contributed by atoms with Crippen molar-refractivity contribution in [3.8, 4) is 0 Å². The molecular formula is C15H13ClFNO. The van der Waals surface area contributed by atoms with E-state index in [2.05, 4.69) is 5.32 Å². The molecule has 0 saturated carbocycles. The van der Waals surface area contributed by atoms with Crippen LogP contribution in [0, 0.1) is 5.82 Å². The molecule has 1 atom stereocenters. The number of rotatable bonds is 3. The molecule has 2 aromatic carbocycles. The Bertz CT molecular complexity index is 583. The lowest BCUT2D eigenvalue weighted by Gasteiger charge is -2.14. The maximum atomic E-state index is 12.8. The number of hydrogen-bond acceptors (Lipinski definition) is 1. The first kappa shape index (κ1) is 13.6. The van der Waals surface area contributed by atoms with E-state index in [0.29, 0.717) is 10.6 Å². The van der Waals surface area contributed by atoms with Gasteiger partial charge < -0.3 is 5.32 Å². The first-order valence-electron chi connectivity index (χ1n) is 5.88. The Hall–Kier alpha value is -1.87. The average molecular weight is 278 g/mol. The van der Waals surface area contributed by atoms with Crippen LogP contribution in [0.4, 0.5) is 4.39 Å². The third-order valence-electron chi connectivity index (χ3n) is 2.80. The molecule has 2 aromatic rings. The van der Waals surface area contributed by atoms with Crippen molar-refractivity contribution < 1.29 is 9.18 Å². The number of amides is 1. The van der Waals surface area contributed by atoms with Crippen LogP contribution in [-0.2, 0) is 0 Å². The van der Waals surface area contributed by atoms with Gasteiger partial charge in [-0.3, -0.25) is 4.79 Å². The number of benzene rings is 2. The Balaban J connectivity index is 2.08. The molecule has 0 saturated heterocycles. The third-order valence-corrected chi connectivity index (χ3v) is 3.04. The molecule has 2 rings (SSSR count). The Kier molecular flexibility index (Phi) is 4.17. The zero-order chi connectivity index (χ0) is 13.8. The molecular weight excluding hydrogens is 265 g/mol. The highest BCUT2D eigenvalue weighted by molar-refractivity contribution is 6.30. The lowest BCUT2D eigenvalue weighted by atomic mass is 10.1. The van der Waals surface area contributed by atoms with Gasteiger partial charge >= 0.3 is 0 Å². The first-order chi connectivity index (χ1) is 9.06. The van der Waals surface area contributed by atoms with Gasteiger partial charge in [0.25, 0.3) is 5.91 Å². The molecule has 0 fully saturated rings. The normalized spacial score (nSPS) is 11.9. The second-order valence-corrected chi connectivity index (χ2v) is 4.69. The van der Waals surface area contributed by atoms with Gasteiger partial charge in [-0.1, -0.05) is 29.8 Å². The molecule has 0 aliphatic heterocycles. The average Bonchev–Trinajstić information content (AvgIpc) is 2.39. The summed E-state index contributed by atoms with van der Waals surface area (Å²) in [7, 11) is 0. The lowest BCUT2D eigenvalue weighted by molar-refractivity contribution is 0.0940. The SMILES string of the molecule is C[C@H](NC(=O)c1cccc(Cl)c1)c1ccc(F)cc1. The third kappa shape index (κ3) is 3.55. The van der Waals surface area contributed by atoms with Crippen molar-refractivity contribution in [1.29, 1.82) is 0 Å². The van der Waals surface area contributed by atoms with E-state index in [1.165, 1.54) is 12.1 Å². The van der Waals surface area contributed by atoms with Crippen LogP contribution < -0.4 is 5.32 Å². The van der Waals surface area contributed by atoms with Gasteiger partial charge in [0.1, 0.15) is 5.82 Å². The van der Waals surface area contributed by atoms with Crippen molar-refractivity contribution >= 4 is 17.5 Å². The summed E-state index contributed by atoms with van der Waals surface area (Å²) in [5, 5.41) is 3.35. The summed E-state index contributed by atoms with van der Waals surface area (Å²) >= 11 is 5.84. The van der Waals surface area contributed by atoms with E-state index in [4.69, 9.17) is 11.6 Å². The van der Waals surface area contributed by atoms with Gasteiger partial charge in [-0.2, -0.15) is 0 Å². The highest BCUT2D eigenvalue weighted by Crippen LogP contribution is 2.15. The van der Waals surface area contributed by atoms with Gasteiger partial charge in [0.05, 0.1) is 6.04 Å². The van der Waals surface area contributed by atoms with E-state index in [1.807, 2.05) is 6.92 Å². The summed E-state index contributed by atoms with van der Waals surface area (Å²) in [6.07, 6.45) is 0. The molecule has 1 amide bonds. The van der Waals surface area contributed by atoms with Gasteiger partial charge in [0.15, 0.2) is 0 Å². The van der Waals surface area contributed by atoms with Crippen molar-refractivity contribution in [2.75, 3.05) is 0 Å². The molecule has 1 N–H and O–H groups in total. The van der Waals surface area contributed by atoms with Crippen molar-refractivity contribution in [3.63, 3.8) is 0 Å². The van der Waals surface area contributed by atoms with Gasteiger partial charge in [0, 0.05) is 10.6 Å². The molecule has 4 heteroatoms. The molecule has 0 radical (unpaired) electrons. The van der Waals surface area contributed by atoms with Crippen LogP contribution in [0.5, 0.6) is 0 Å². The summed E-state index contributed by atoms with van der Waals surface area (Å²) in [5.74, 6) is -0.503. The highest BCUT2D eigenvalue weighted by Gasteiger charge is 2.11. The zero-order valence-electron chi connectivity index (χ0n) is 10.4. The van der Waals surface area contributed by atoms with Crippen LogP contribution in [0.2, 0.25) is 5.02 Å². The zero-order valence-corrected chi connectivity index (χ0v) is 11.1. The molecule has 0 unspecified atom stereocenters. The van der Waals surface area contributed by atoms with Crippen LogP contribution in [0.1, 0.15) is 28.9 Å². The van der Waals surface area contributed by atoms with Crippen molar-refractivity contribution in [2.45, 2.75) is 13.0 Å². The summed E-state index contributed by atoms with van der Waals surface area (Å²) in [4.78, 5) is 12.0. The van der Waals surface area contributed by atoms with Gasteiger partial charge in [-0.25, -0.2) is 4.39 Å². The molecule has 19 heavy (non-hydrogen) atoms. The topological polar surface area (TPSA) is 29.1 Å². The van der Waals surface area contributed by atoms with Gasteiger partial charge in [-0.05, 0) is 42.8 Å². The lowest BCUT2D eigenvalue weighted by Crippen LogP contribution is -2.26. The minimum absolute atomic E-state index is 0.202. The second kappa shape index (κ2) is 5.85. The van der Waals surface area contributed by atoms with E-state index >= 15 is 0 Å². The summed E-state index contributed by atoms with van der Waals surface area (Å²) in [6, 6.07) is 12.6. The standard InChI is InChI=1S/C15H13ClFNO/c1-10(11-5-7-14(17)8-6-11)18-15(19)12-3-2-4-13(16)9-12/h2-10H,1H3,(H,18,19)/t10-/m0/s1. The molecule has 0 aromatic heterocycles. The maximum Gasteiger partial charge on any atom is 0.251 e. The number of nitrogens with one attached hydrogen (secondary N) is 1. The minimum Gasteiger partial charge on any atom is -0.346 e. The van der Waals surface area contributed by atoms with Crippen molar-refractivity contribution in [2.24, 2.45) is 0 Å². The largest absolute Gasteiger partial charge is 0.346 e. The number of hydrogen-bond donors (Lipinski definition) is 1. The van der Waals surface area contributed by atoms with E-state index in [9.17, 15) is 9.18 Å². The molecule has 0 heterocycles. The van der Waals surface area contributed by atoms with Gasteiger partial charge in [-0.15, -0.1) is 0 Å². The van der Waals surface area contributed by atoms with Crippen molar-refractivity contribution in [1.82, 2.24) is 5.32 Å². The van der Waals surface area contributed by atoms with E-state index < -0.39 is 0 Å². The van der Waals surface area contributed by atoms with Crippen LogP contribution in [0.15, 0.2) is 48.5 Å². The molecule has 0 spiro atoms. The minimum atomic E-state index is -0.294. The molecule has 2 nitrogen and oxygen atoms in total. The Morgan fingerprint density at radius 2 is 1.89 bits per heavy atom. The summed E-state index contributed by atoms with van der Waals surface area (Å²) < 4.78 is 12.8. The molecule has 0 aliphatic rings. The predicted molar refractivity (Wildman–Crippen MR) is 73.7 cm³/mol. The van der Waals surface area contributed by atoms with Crippen LogP contribution in [-0.4, -0.2) is 5.91 Å². The Labute approximate surface area is 116 Å². The molecule has 0 bridgehead atoms. The fraction of sp³-hybridized carbons (Fsp3) is 0.133. The Morgan fingerprint density at radius 1 is 1.21 bits per heavy atom. The second-order valence-electron chi connectivity index (χ2n) is 4.26. The van der Waals surface area contributed by atoms with E-state index in [1.54, 1.807) is 36.4 Å². The molecule has 98 valence electrons. The first-order valence-corrected chi connectivity index (χ1v) is 6.26. The predicted octanol–water partition coefficient (Wildman–Crippen LogP) is 3.97. The number of carbonyl (C=O) groups is 1. The molecule has 0 aliphatic carbocycles. The highest BCUT2D eigenvalue weighted by atomic mass is 35.5. The quantitative estimate of drug-likeness (QED) is 0.904. The van der Waals surface area contributed by atoms with Crippen LogP contribution in [0.25, 0.3) is 0 Å². The Morgan fingerprint density at radius 3 is 2.53 bits per heavy atom. The fourth-order valence-electron chi connectivity index (χ4n) is 1.74. The fourth-order valence-corrected chi connectivity index (χ4v) is 1.93. The van der Waals surface area contributed by atoms with E-state index in [0.717, 1.165) is 5.56 Å². The smallest absolute Gasteiger partial charge is 0.251 e. The van der Waals surface area contributed by atoms with Crippen LogP contribution >= 0.6 is 11.6 Å². The maximum absolute atomic E-state index is 12.8. The van der Waals surface area contributed by atoms with Crippen LogP contribution in [0.3, 0.4) is 0 Å². The summed E-state index contributed by atoms with van der Waals surface area (Å²) in [6.45, 7) is 1.84. The monoisotopic (exact) mass is 277 g/mol. The number of carbonyl (C=O) groups excluding carboxylic acids is 1. The summed E-state index contributed by atoms with van der Waals surface area (Å²) in [5.41, 5.74) is 1.35. The van der Waals surface area contributed by atoms with E-state index in [-0.39, 0.29) is 17.8 Å². The number of halogens is 2. The van der Waals surface area contributed by atoms with Crippen molar-refractivity contribution in [3.05, 3.63) is 70.5 Å². The van der Waals surface area contributed by atoms with Gasteiger partial charge in [0.2, 0.25) is 0 Å².